The first-order chi connectivity index (χ1) is 10.2. The minimum Gasteiger partial charge on any atom is -0.317 e. The SMILES string of the molecule is CCc1nn(CC)c(CC(CCC2CCCC2)NC)c1Br. The van der Waals surface area contributed by atoms with Gasteiger partial charge in [0, 0.05) is 19.0 Å². The molecule has 1 atom stereocenters. The van der Waals surface area contributed by atoms with Crippen molar-refractivity contribution in [1.29, 1.82) is 0 Å². The lowest BCUT2D eigenvalue weighted by Crippen LogP contribution is -2.29. The molecule has 0 saturated heterocycles. The van der Waals surface area contributed by atoms with Crippen LogP contribution in [0.3, 0.4) is 0 Å². The van der Waals surface area contributed by atoms with E-state index in [-0.39, 0.29) is 0 Å². The van der Waals surface area contributed by atoms with Gasteiger partial charge in [0.25, 0.3) is 0 Å². The molecule has 3 nitrogen and oxygen atoms in total. The van der Waals surface area contributed by atoms with Crippen molar-refractivity contribution in [2.45, 2.75) is 77.8 Å². The summed E-state index contributed by atoms with van der Waals surface area (Å²) in [6.07, 6.45) is 10.5. The summed E-state index contributed by atoms with van der Waals surface area (Å²) in [5.74, 6) is 0.978. The lowest BCUT2D eigenvalue weighted by Gasteiger charge is -2.19. The van der Waals surface area contributed by atoms with Gasteiger partial charge in [0.15, 0.2) is 0 Å². The Morgan fingerprint density at radius 1 is 1.33 bits per heavy atom. The molecule has 1 saturated carbocycles. The minimum atomic E-state index is 0.564. The Morgan fingerprint density at radius 2 is 2.05 bits per heavy atom. The number of nitrogens with zero attached hydrogens (tertiary/aromatic N) is 2. The molecule has 4 heteroatoms. The van der Waals surface area contributed by atoms with Gasteiger partial charge < -0.3 is 5.32 Å². The maximum absolute atomic E-state index is 4.71. The van der Waals surface area contributed by atoms with Crippen LogP contribution >= 0.6 is 15.9 Å². The van der Waals surface area contributed by atoms with Gasteiger partial charge in [0.05, 0.1) is 15.9 Å². The lowest BCUT2D eigenvalue weighted by atomic mass is 9.96. The van der Waals surface area contributed by atoms with Gasteiger partial charge in [-0.2, -0.15) is 5.10 Å². The normalized spacial score (nSPS) is 17.5. The summed E-state index contributed by atoms with van der Waals surface area (Å²) in [6, 6.07) is 0.564. The number of aromatic nitrogens is 2. The summed E-state index contributed by atoms with van der Waals surface area (Å²) in [7, 11) is 2.10. The maximum atomic E-state index is 4.71. The smallest absolute Gasteiger partial charge is 0.0766 e. The zero-order valence-electron chi connectivity index (χ0n) is 13.8. The molecule has 2 rings (SSSR count). The fourth-order valence-electron chi connectivity index (χ4n) is 3.53. The van der Waals surface area contributed by atoms with E-state index in [1.165, 1.54) is 54.4 Å². The zero-order chi connectivity index (χ0) is 15.2. The van der Waals surface area contributed by atoms with E-state index in [9.17, 15) is 0 Å². The summed E-state index contributed by atoms with van der Waals surface area (Å²) in [5.41, 5.74) is 2.55. The van der Waals surface area contributed by atoms with Crippen molar-refractivity contribution in [3.63, 3.8) is 0 Å². The molecule has 1 aliphatic carbocycles. The van der Waals surface area contributed by atoms with Crippen LogP contribution in [0.25, 0.3) is 0 Å². The summed E-state index contributed by atoms with van der Waals surface area (Å²) in [6.45, 7) is 5.30. The summed E-state index contributed by atoms with van der Waals surface area (Å²) < 4.78 is 3.40. The topological polar surface area (TPSA) is 29.9 Å². The van der Waals surface area contributed by atoms with E-state index in [2.05, 4.69) is 46.8 Å². The van der Waals surface area contributed by atoms with E-state index in [0.717, 1.165) is 25.3 Å². The summed E-state index contributed by atoms with van der Waals surface area (Å²) in [4.78, 5) is 0. The van der Waals surface area contributed by atoms with Crippen molar-refractivity contribution < 1.29 is 0 Å². The molecule has 0 radical (unpaired) electrons. The van der Waals surface area contributed by atoms with Crippen LogP contribution in [0, 0.1) is 5.92 Å². The quantitative estimate of drug-likeness (QED) is 0.751. The number of halogens is 1. The van der Waals surface area contributed by atoms with Gasteiger partial charge in [-0.1, -0.05) is 32.6 Å². The molecule has 0 bridgehead atoms. The third-order valence-corrected chi connectivity index (χ3v) is 5.86. The van der Waals surface area contributed by atoms with Crippen molar-refractivity contribution in [1.82, 2.24) is 15.1 Å². The molecule has 0 aliphatic heterocycles. The highest BCUT2D eigenvalue weighted by atomic mass is 79.9. The minimum absolute atomic E-state index is 0.564. The summed E-state index contributed by atoms with van der Waals surface area (Å²) in [5, 5.41) is 8.23. The van der Waals surface area contributed by atoms with E-state index in [1.807, 2.05) is 0 Å². The molecule has 120 valence electrons. The molecule has 1 aromatic heterocycles. The molecule has 21 heavy (non-hydrogen) atoms. The van der Waals surface area contributed by atoms with Crippen molar-refractivity contribution in [3.8, 4) is 0 Å². The Kier molecular flexibility index (Phi) is 6.74. The van der Waals surface area contributed by atoms with Crippen LogP contribution in [0.1, 0.15) is 63.8 Å². The Labute approximate surface area is 138 Å². The van der Waals surface area contributed by atoms with Crippen LogP contribution in [0.2, 0.25) is 0 Å². The van der Waals surface area contributed by atoms with Crippen LogP contribution in [0.5, 0.6) is 0 Å². The third kappa shape index (κ3) is 4.32. The average Bonchev–Trinajstić information content (AvgIpc) is 3.12. The largest absolute Gasteiger partial charge is 0.317 e. The van der Waals surface area contributed by atoms with E-state index in [0.29, 0.717) is 6.04 Å². The number of rotatable bonds is 8. The monoisotopic (exact) mass is 355 g/mol. The number of nitrogens with one attached hydrogen (secondary N) is 1. The van der Waals surface area contributed by atoms with Gasteiger partial charge in [-0.15, -0.1) is 0 Å². The number of hydrogen-bond acceptors (Lipinski definition) is 2. The van der Waals surface area contributed by atoms with Crippen molar-refractivity contribution >= 4 is 15.9 Å². The van der Waals surface area contributed by atoms with E-state index >= 15 is 0 Å². The predicted molar refractivity (Wildman–Crippen MR) is 92.7 cm³/mol. The molecule has 0 spiro atoms. The molecule has 0 amide bonds. The first kappa shape index (κ1) is 17.0. The Hall–Kier alpha value is -0.350. The van der Waals surface area contributed by atoms with Gasteiger partial charge in [0.2, 0.25) is 0 Å². The van der Waals surface area contributed by atoms with Crippen LogP contribution in [-0.4, -0.2) is 22.9 Å². The Balaban J connectivity index is 1.98. The fraction of sp³-hybridized carbons (Fsp3) is 0.824. The lowest BCUT2D eigenvalue weighted by molar-refractivity contribution is 0.411. The van der Waals surface area contributed by atoms with E-state index < -0.39 is 0 Å². The molecule has 1 N–H and O–H groups in total. The van der Waals surface area contributed by atoms with Gasteiger partial charge in [-0.25, -0.2) is 0 Å². The van der Waals surface area contributed by atoms with E-state index in [1.54, 1.807) is 0 Å². The number of aryl methyl sites for hydroxylation is 2. The standard InChI is InChI=1S/C17H30BrN3/c1-4-15-17(18)16(21(5-2)20-15)12-14(19-3)11-10-13-8-6-7-9-13/h13-14,19H,4-12H2,1-3H3. The van der Waals surface area contributed by atoms with Gasteiger partial charge >= 0.3 is 0 Å². The predicted octanol–water partition coefficient (Wildman–Crippen LogP) is 4.33. The fourth-order valence-corrected chi connectivity index (χ4v) is 4.26. The second-order valence-electron chi connectivity index (χ2n) is 6.29. The molecular weight excluding hydrogens is 326 g/mol. The van der Waals surface area contributed by atoms with Crippen LogP contribution in [-0.2, 0) is 19.4 Å². The third-order valence-electron chi connectivity index (χ3n) is 4.94. The van der Waals surface area contributed by atoms with Crippen LogP contribution in [0.15, 0.2) is 4.47 Å². The molecule has 1 heterocycles. The second-order valence-corrected chi connectivity index (χ2v) is 7.09. The highest BCUT2D eigenvalue weighted by Crippen LogP contribution is 2.30. The highest BCUT2D eigenvalue weighted by molar-refractivity contribution is 9.10. The first-order valence-electron chi connectivity index (χ1n) is 8.60. The molecule has 0 aromatic carbocycles. The first-order valence-corrected chi connectivity index (χ1v) is 9.40. The van der Waals surface area contributed by atoms with Gasteiger partial charge in [-0.05, 0) is 55.1 Å². The van der Waals surface area contributed by atoms with Crippen molar-refractivity contribution in [3.05, 3.63) is 15.9 Å². The maximum Gasteiger partial charge on any atom is 0.0766 e. The zero-order valence-corrected chi connectivity index (χ0v) is 15.4. The number of likely N-dealkylation sites (N-methyl/N-ethyl adjacent to an activating group) is 1. The molecule has 1 unspecified atom stereocenters. The second kappa shape index (κ2) is 8.33. The highest BCUT2D eigenvalue weighted by Gasteiger charge is 2.20. The van der Waals surface area contributed by atoms with E-state index in [4.69, 9.17) is 5.10 Å². The average molecular weight is 356 g/mol. The molecule has 1 aromatic rings. The molecule has 1 aliphatic rings. The molecule has 1 fully saturated rings. The Bertz CT molecular complexity index is 435. The number of hydrogen-bond donors (Lipinski definition) is 1. The van der Waals surface area contributed by atoms with Crippen LogP contribution < -0.4 is 5.32 Å². The summed E-state index contributed by atoms with van der Waals surface area (Å²) >= 11 is 3.77. The van der Waals surface area contributed by atoms with Crippen LogP contribution in [0.4, 0.5) is 0 Å². The molecular formula is C17H30BrN3. The van der Waals surface area contributed by atoms with Crippen molar-refractivity contribution in [2.75, 3.05) is 7.05 Å². The van der Waals surface area contributed by atoms with Gasteiger partial charge in [0.1, 0.15) is 0 Å². The Morgan fingerprint density at radius 3 is 2.62 bits per heavy atom. The van der Waals surface area contributed by atoms with Gasteiger partial charge in [-0.3, -0.25) is 4.68 Å². The van der Waals surface area contributed by atoms with Crippen molar-refractivity contribution in [2.24, 2.45) is 5.92 Å².